The molecule has 0 bridgehead atoms. The molecule has 0 saturated carbocycles. The molecule has 1 aromatic rings. The number of methoxy groups -OCH3 is 2. The summed E-state index contributed by atoms with van der Waals surface area (Å²) in [7, 11) is 3.02. The molecule has 106 valence electrons. The standard InChI is InChI=1S/C14H20FNO3/c1-10(2)16(7-8-18-3)14(17)12-6-5-11(19-4)9-13(12)15/h5-6,9-10H,7-8H2,1-4H3. The number of hydrogen-bond donors (Lipinski definition) is 0. The largest absolute Gasteiger partial charge is 0.497 e. The van der Waals surface area contributed by atoms with Gasteiger partial charge in [0, 0.05) is 25.8 Å². The highest BCUT2D eigenvalue weighted by molar-refractivity contribution is 5.94. The van der Waals surface area contributed by atoms with Crippen molar-refractivity contribution in [3.63, 3.8) is 0 Å². The summed E-state index contributed by atoms with van der Waals surface area (Å²) in [5, 5.41) is 0. The van der Waals surface area contributed by atoms with E-state index in [4.69, 9.17) is 9.47 Å². The monoisotopic (exact) mass is 269 g/mol. The van der Waals surface area contributed by atoms with Crippen LogP contribution in [-0.2, 0) is 4.74 Å². The lowest BCUT2D eigenvalue weighted by molar-refractivity contribution is 0.0630. The van der Waals surface area contributed by atoms with Gasteiger partial charge in [-0.2, -0.15) is 0 Å². The summed E-state index contributed by atoms with van der Waals surface area (Å²) in [5.74, 6) is -0.526. The van der Waals surface area contributed by atoms with Gasteiger partial charge in [0.1, 0.15) is 11.6 Å². The molecular formula is C14H20FNO3. The zero-order chi connectivity index (χ0) is 14.4. The van der Waals surface area contributed by atoms with Gasteiger partial charge in [-0.3, -0.25) is 4.79 Å². The van der Waals surface area contributed by atoms with E-state index in [1.54, 1.807) is 18.1 Å². The van der Waals surface area contributed by atoms with Gasteiger partial charge in [0.2, 0.25) is 0 Å². The molecule has 0 spiro atoms. The number of rotatable bonds is 6. The summed E-state index contributed by atoms with van der Waals surface area (Å²) in [4.78, 5) is 13.9. The SMILES string of the molecule is COCCN(C(=O)c1ccc(OC)cc1F)C(C)C. The highest BCUT2D eigenvalue weighted by Gasteiger charge is 2.21. The third-order valence-electron chi connectivity index (χ3n) is 2.83. The first-order chi connectivity index (χ1) is 9.01. The first-order valence-electron chi connectivity index (χ1n) is 6.14. The predicted molar refractivity (Wildman–Crippen MR) is 71.0 cm³/mol. The molecule has 0 fully saturated rings. The minimum atomic E-state index is -0.576. The van der Waals surface area contributed by atoms with Crippen LogP contribution >= 0.6 is 0 Å². The minimum Gasteiger partial charge on any atom is -0.497 e. The van der Waals surface area contributed by atoms with Crippen LogP contribution in [0.3, 0.4) is 0 Å². The first kappa shape index (κ1) is 15.4. The lowest BCUT2D eigenvalue weighted by atomic mass is 10.1. The summed E-state index contributed by atoms with van der Waals surface area (Å²) in [6.45, 7) is 4.62. The smallest absolute Gasteiger partial charge is 0.257 e. The van der Waals surface area contributed by atoms with Crippen molar-refractivity contribution in [1.82, 2.24) is 4.90 Å². The molecule has 0 aliphatic carbocycles. The Bertz CT molecular complexity index is 435. The summed E-state index contributed by atoms with van der Waals surface area (Å²) in [6, 6.07) is 4.20. The van der Waals surface area contributed by atoms with Crippen LogP contribution in [0.4, 0.5) is 4.39 Å². The number of benzene rings is 1. The van der Waals surface area contributed by atoms with E-state index < -0.39 is 5.82 Å². The number of nitrogens with zero attached hydrogens (tertiary/aromatic N) is 1. The van der Waals surface area contributed by atoms with Crippen molar-refractivity contribution in [2.24, 2.45) is 0 Å². The fourth-order valence-electron chi connectivity index (χ4n) is 1.73. The number of amides is 1. The van der Waals surface area contributed by atoms with Crippen LogP contribution in [0.5, 0.6) is 5.75 Å². The van der Waals surface area contributed by atoms with Crippen LogP contribution in [0.15, 0.2) is 18.2 Å². The fraction of sp³-hybridized carbons (Fsp3) is 0.500. The molecule has 0 radical (unpaired) electrons. The van der Waals surface area contributed by atoms with E-state index in [1.165, 1.54) is 19.2 Å². The van der Waals surface area contributed by atoms with Crippen molar-refractivity contribution in [2.45, 2.75) is 19.9 Å². The van der Waals surface area contributed by atoms with Crippen LogP contribution in [0, 0.1) is 5.82 Å². The Morgan fingerprint density at radius 1 is 1.37 bits per heavy atom. The van der Waals surface area contributed by atoms with E-state index in [1.807, 2.05) is 13.8 Å². The molecule has 0 N–H and O–H groups in total. The van der Waals surface area contributed by atoms with Gasteiger partial charge in [-0.25, -0.2) is 4.39 Å². The van der Waals surface area contributed by atoms with Crippen molar-refractivity contribution < 1.29 is 18.7 Å². The molecule has 0 aliphatic heterocycles. The molecule has 0 aromatic heterocycles. The summed E-state index contributed by atoms with van der Waals surface area (Å²) < 4.78 is 23.8. The third kappa shape index (κ3) is 3.92. The van der Waals surface area contributed by atoms with Crippen molar-refractivity contribution in [3.8, 4) is 5.75 Å². The van der Waals surface area contributed by atoms with Crippen LogP contribution in [-0.4, -0.2) is 44.2 Å². The van der Waals surface area contributed by atoms with E-state index in [9.17, 15) is 9.18 Å². The first-order valence-corrected chi connectivity index (χ1v) is 6.14. The Kier molecular flexibility index (Phi) is 5.76. The van der Waals surface area contributed by atoms with E-state index in [-0.39, 0.29) is 17.5 Å². The number of halogens is 1. The van der Waals surface area contributed by atoms with E-state index in [0.717, 1.165) is 0 Å². The number of carbonyl (C=O) groups is 1. The quantitative estimate of drug-likeness (QED) is 0.795. The van der Waals surface area contributed by atoms with E-state index in [2.05, 4.69) is 0 Å². The maximum atomic E-state index is 13.9. The van der Waals surface area contributed by atoms with Crippen LogP contribution in [0.1, 0.15) is 24.2 Å². The Hall–Kier alpha value is -1.62. The van der Waals surface area contributed by atoms with Gasteiger partial charge >= 0.3 is 0 Å². The van der Waals surface area contributed by atoms with Gasteiger partial charge in [-0.1, -0.05) is 0 Å². The Morgan fingerprint density at radius 3 is 2.53 bits per heavy atom. The van der Waals surface area contributed by atoms with Crippen molar-refractivity contribution in [3.05, 3.63) is 29.6 Å². The van der Waals surface area contributed by atoms with Crippen molar-refractivity contribution >= 4 is 5.91 Å². The molecular weight excluding hydrogens is 249 g/mol. The molecule has 0 atom stereocenters. The average Bonchev–Trinajstić information content (AvgIpc) is 2.38. The summed E-state index contributed by atoms with van der Waals surface area (Å²) in [5.41, 5.74) is 0.0469. The van der Waals surface area contributed by atoms with Gasteiger partial charge in [0.25, 0.3) is 5.91 Å². The third-order valence-corrected chi connectivity index (χ3v) is 2.83. The summed E-state index contributed by atoms with van der Waals surface area (Å²) >= 11 is 0. The Labute approximate surface area is 113 Å². The molecule has 4 nitrogen and oxygen atoms in total. The molecule has 0 saturated heterocycles. The second kappa shape index (κ2) is 7.09. The number of ether oxygens (including phenoxy) is 2. The Balaban J connectivity index is 2.96. The maximum Gasteiger partial charge on any atom is 0.257 e. The fourth-order valence-corrected chi connectivity index (χ4v) is 1.73. The van der Waals surface area contributed by atoms with Crippen LogP contribution in [0.2, 0.25) is 0 Å². The lowest BCUT2D eigenvalue weighted by Gasteiger charge is -2.26. The van der Waals surface area contributed by atoms with E-state index >= 15 is 0 Å². The highest BCUT2D eigenvalue weighted by atomic mass is 19.1. The molecule has 0 aliphatic rings. The maximum absolute atomic E-state index is 13.9. The van der Waals surface area contributed by atoms with Gasteiger partial charge in [-0.15, -0.1) is 0 Å². The topological polar surface area (TPSA) is 38.8 Å². The van der Waals surface area contributed by atoms with Gasteiger partial charge in [0.15, 0.2) is 0 Å². The molecule has 1 amide bonds. The molecule has 5 heteroatoms. The number of carbonyl (C=O) groups excluding carboxylic acids is 1. The van der Waals surface area contributed by atoms with Gasteiger partial charge in [-0.05, 0) is 26.0 Å². The molecule has 19 heavy (non-hydrogen) atoms. The second-order valence-electron chi connectivity index (χ2n) is 4.43. The molecule has 0 unspecified atom stereocenters. The molecule has 0 heterocycles. The normalized spacial score (nSPS) is 10.6. The Morgan fingerprint density at radius 2 is 2.05 bits per heavy atom. The van der Waals surface area contributed by atoms with Gasteiger partial charge in [0.05, 0.1) is 19.3 Å². The van der Waals surface area contributed by atoms with Crippen molar-refractivity contribution in [1.29, 1.82) is 0 Å². The zero-order valence-corrected chi connectivity index (χ0v) is 11.8. The molecule has 1 aromatic carbocycles. The zero-order valence-electron chi connectivity index (χ0n) is 11.8. The minimum absolute atomic E-state index is 0.0239. The molecule has 1 rings (SSSR count). The van der Waals surface area contributed by atoms with Gasteiger partial charge < -0.3 is 14.4 Å². The highest BCUT2D eigenvalue weighted by Crippen LogP contribution is 2.18. The van der Waals surface area contributed by atoms with E-state index in [0.29, 0.717) is 18.9 Å². The average molecular weight is 269 g/mol. The van der Waals surface area contributed by atoms with Crippen LogP contribution < -0.4 is 4.74 Å². The lowest BCUT2D eigenvalue weighted by Crippen LogP contribution is -2.39. The second-order valence-corrected chi connectivity index (χ2v) is 4.43. The summed E-state index contributed by atoms with van der Waals surface area (Å²) in [6.07, 6.45) is 0. The predicted octanol–water partition coefficient (Wildman–Crippen LogP) is 2.33. The van der Waals surface area contributed by atoms with Crippen molar-refractivity contribution in [2.75, 3.05) is 27.4 Å². The number of hydrogen-bond acceptors (Lipinski definition) is 3. The van der Waals surface area contributed by atoms with Crippen LogP contribution in [0.25, 0.3) is 0 Å².